The van der Waals surface area contributed by atoms with Gasteiger partial charge in [0, 0.05) is 11.3 Å². The van der Waals surface area contributed by atoms with Crippen molar-refractivity contribution in [2.75, 3.05) is 6.61 Å². The molecule has 0 radical (unpaired) electrons. The monoisotopic (exact) mass is 502 g/mol. The molecule has 194 valence electrons. The van der Waals surface area contributed by atoms with Crippen molar-refractivity contribution in [3.63, 3.8) is 0 Å². The lowest BCUT2D eigenvalue weighted by Crippen LogP contribution is -2.27. The molecule has 2 rings (SSSR count). The van der Waals surface area contributed by atoms with Crippen LogP contribution < -0.4 is 0 Å². The lowest BCUT2D eigenvalue weighted by atomic mass is 9.82. The van der Waals surface area contributed by atoms with Crippen LogP contribution in [0.15, 0.2) is 60.2 Å². The summed E-state index contributed by atoms with van der Waals surface area (Å²) in [5.74, 6) is 0.204. The largest absolute Gasteiger partial charge is 0.416 e. The fraction of sp³-hybridized carbons (Fsp3) is 0.444. The molecule has 0 aromatic heterocycles. The van der Waals surface area contributed by atoms with Crippen molar-refractivity contribution in [2.24, 2.45) is 5.92 Å². The lowest BCUT2D eigenvalue weighted by molar-refractivity contribution is -0.143. The third-order valence-corrected chi connectivity index (χ3v) is 5.03. The zero-order valence-corrected chi connectivity index (χ0v) is 20.7. The maximum absolute atomic E-state index is 13.1. The average molecular weight is 503 g/mol. The third-order valence-electron chi connectivity index (χ3n) is 5.03. The van der Waals surface area contributed by atoms with Gasteiger partial charge in [-0.1, -0.05) is 55.8 Å². The van der Waals surface area contributed by atoms with E-state index in [0.717, 1.165) is 17.4 Å². The van der Waals surface area contributed by atoms with Crippen molar-refractivity contribution in [1.29, 1.82) is 0 Å². The van der Waals surface area contributed by atoms with E-state index in [1.54, 1.807) is 0 Å². The molecule has 2 aromatic rings. The molecule has 2 nitrogen and oxygen atoms in total. The van der Waals surface area contributed by atoms with E-state index in [4.69, 9.17) is 4.74 Å². The number of rotatable bonds is 7. The Bertz CT molecular complexity index is 941. The zero-order valence-electron chi connectivity index (χ0n) is 20.7. The summed E-state index contributed by atoms with van der Waals surface area (Å²) in [6, 6.07) is 10.9. The molecule has 0 aliphatic rings. The second kappa shape index (κ2) is 12.4. The first-order valence-corrected chi connectivity index (χ1v) is 11.1. The molecule has 0 heterocycles. The Morgan fingerprint density at radius 3 is 1.69 bits per heavy atom. The molecular weight excluding hydrogens is 470 g/mol. The summed E-state index contributed by atoms with van der Waals surface area (Å²) in [5, 5.41) is 0. The van der Waals surface area contributed by atoms with E-state index in [0.29, 0.717) is 12.1 Å². The first-order valence-electron chi connectivity index (χ1n) is 11.1. The Morgan fingerprint density at radius 1 is 0.857 bits per heavy atom. The molecule has 0 aliphatic carbocycles. The Kier molecular flexibility index (Phi) is 10.8. The molecule has 0 saturated heterocycles. The van der Waals surface area contributed by atoms with Crippen LogP contribution in [0.5, 0.6) is 0 Å². The quantitative estimate of drug-likeness (QED) is 0.215. The first kappa shape index (κ1) is 30.4. The van der Waals surface area contributed by atoms with Gasteiger partial charge < -0.3 is 9.53 Å². The highest BCUT2D eigenvalue weighted by molar-refractivity contribution is 5.51. The lowest BCUT2D eigenvalue weighted by Gasteiger charge is -2.29. The van der Waals surface area contributed by atoms with Crippen molar-refractivity contribution in [3.05, 3.63) is 82.4 Å². The fourth-order valence-electron chi connectivity index (χ4n) is 3.27. The zero-order chi connectivity index (χ0) is 27.0. The highest BCUT2D eigenvalue weighted by Crippen LogP contribution is 2.38. The van der Waals surface area contributed by atoms with Gasteiger partial charge in [-0.15, -0.1) is 0 Å². The second-order valence-corrected chi connectivity index (χ2v) is 9.18. The molecule has 0 N–H and O–H groups in total. The SMILES string of the molecule is CC(C)=C[C@@](C)(CO[C@H](C)c1cc(C(F)(F)F)cc(C(F)(F)F)c1)c1ccccc1.CC(C)C=O. The maximum Gasteiger partial charge on any atom is 0.416 e. The van der Waals surface area contributed by atoms with Crippen LogP contribution in [0.25, 0.3) is 0 Å². The number of carbonyl (C=O) groups is 1. The Hall–Kier alpha value is -2.61. The van der Waals surface area contributed by atoms with Crippen LogP contribution in [0.2, 0.25) is 0 Å². The van der Waals surface area contributed by atoms with Crippen molar-refractivity contribution < 1.29 is 35.9 Å². The molecule has 8 heteroatoms. The van der Waals surface area contributed by atoms with Crippen LogP contribution in [0.1, 0.15) is 69.9 Å². The number of carbonyl (C=O) groups excluding carboxylic acids is 1. The Labute approximate surface area is 203 Å². The molecule has 0 saturated carbocycles. The topological polar surface area (TPSA) is 26.3 Å². The van der Waals surface area contributed by atoms with E-state index in [-0.39, 0.29) is 24.2 Å². The van der Waals surface area contributed by atoms with E-state index >= 15 is 0 Å². The van der Waals surface area contributed by atoms with Gasteiger partial charge in [-0.25, -0.2) is 0 Å². The summed E-state index contributed by atoms with van der Waals surface area (Å²) in [5.41, 5.74) is -1.53. The van der Waals surface area contributed by atoms with Gasteiger partial charge in [-0.2, -0.15) is 26.3 Å². The van der Waals surface area contributed by atoms with Gasteiger partial charge in [0.25, 0.3) is 0 Å². The molecule has 0 spiro atoms. The van der Waals surface area contributed by atoms with Crippen molar-refractivity contribution in [2.45, 2.75) is 65.4 Å². The maximum atomic E-state index is 13.1. The number of allylic oxidation sites excluding steroid dienone is 1. The third kappa shape index (κ3) is 9.88. The number of hydrogen-bond donors (Lipinski definition) is 0. The van der Waals surface area contributed by atoms with Gasteiger partial charge in [0.05, 0.1) is 23.8 Å². The van der Waals surface area contributed by atoms with Crippen molar-refractivity contribution in [1.82, 2.24) is 0 Å². The van der Waals surface area contributed by atoms with Crippen LogP contribution in [0, 0.1) is 5.92 Å². The minimum absolute atomic E-state index is 0.0843. The summed E-state index contributed by atoms with van der Waals surface area (Å²) >= 11 is 0. The van der Waals surface area contributed by atoms with Gasteiger partial charge in [0.15, 0.2) is 0 Å². The molecule has 0 unspecified atom stereocenters. The second-order valence-electron chi connectivity index (χ2n) is 9.18. The molecule has 2 atom stereocenters. The van der Waals surface area contributed by atoms with E-state index in [1.807, 2.05) is 71.0 Å². The highest BCUT2D eigenvalue weighted by atomic mass is 19.4. The number of aldehydes is 1. The normalized spacial score (nSPS) is 14.4. The van der Waals surface area contributed by atoms with Crippen LogP contribution in [-0.2, 0) is 27.3 Å². The molecular formula is C27H32F6O2. The minimum atomic E-state index is -4.89. The summed E-state index contributed by atoms with van der Waals surface area (Å²) in [6.07, 6.45) is -7.86. The number of alkyl halides is 6. The molecule has 0 bridgehead atoms. The standard InChI is InChI=1S/C23H24F6O.C4H8O/c1-15(2)13-21(4,18-8-6-5-7-9-18)14-30-16(3)17-10-19(22(24,25)26)12-20(11-17)23(27,28)29;1-4(2)3-5/h5-13,16H,14H2,1-4H3;3-4H,1-2H3/t16-,21+;/m1./s1. The van der Waals surface area contributed by atoms with Gasteiger partial charge in [-0.3, -0.25) is 0 Å². The molecule has 2 aromatic carbocycles. The summed E-state index contributed by atoms with van der Waals surface area (Å²) in [6.45, 7) is 11.0. The number of hydrogen-bond acceptors (Lipinski definition) is 2. The van der Waals surface area contributed by atoms with E-state index in [2.05, 4.69) is 0 Å². The van der Waals surface area contributed by atoms with E-state index in [9.17, 15) is 31.1 Å². The van der Waals surface area contributed by atoms with Crippen LogP contribution in [0.3, 0.4) is 0 Å². The molecule has 0 aliphatic heterocycles. The van der Waals surface area contributed by atoms with Gasteiger partial charge in [0.1, 0.15) is 6.29 Å². The van der Waals surface area contributed by atoms with Crippen LogP contribution >= 0.6 is 0 Å². The fourth-order valence-corrected chi connectivity index (χ4v) is 3.27. The highest BCUT2D eigenvalue weighted by Gasteiger charge is 2.37. The Morgan fingerprint density at radius 2 is 1.31 bits per heavy atom. The first-order chi connectivity index (χ1) is 16.0. The Balaban J connectivity index is 0.00000111. The average Bonchev–Trinajstić information content (AvgIpc) is 2.76. The predicted molar refractivity (Wildman–Crippen MR) is 125 cm³/mol. The summed E-state index contributed by atoms with van der Waals surface area (Å²) in [4.78, 5) is 9.50. The van der Waals surface area contributed by atoms with Crippen molar-refractivity contribution in [3.8, 4) is 0 Å². The van der Waals surface area contributed by atoms with Gasteiger partial charge >= 0.3 is 12.4 Å². The summed E-state index contributed by atoms with van der Waals surface area (Å²) in [7, 11) is 0. The minimum Gasteiger partial charge on any atom is -0.373 e. The predicted octanol–water partition coefficient (Wildman–Crippen LogP) is 8.57. The van der Waals surface area contributed by atoms with Crippen LogP contribution in [-0.4, -0.2) is 12.9 Å². The number of halogens is 6. The molecule has 0 amide bonds. The van der Waals surface area contributed by atoms with E-state index in [1.165, 1.54) is 6.92 Å². The molecule has 0 fully saturated rings. The van der Waals surface area contributed by atoms with Crippen LogP contribution in [0.4, 0.5) is 26.3 Å². The van der Waals surface area contributed by atoms with Gasteiger partial charge in [-0.05, 0) is 57.0 Å². The molecule has 35 heavy (non-hydrogen) atoms. The smallest absolute Gasteiger partial charge is 0.373 e. The summed E-state index contributed by atoms with van der Waals surface area (Å²) < 4.78 is 84.5. The number of benzene rings is 2. The van der Waals surface area contributed by atoms with Crippen molar-refractivity contribution >= 4 is 6.29 Å². The number of ether oxygens (including phenoxy) is 1. The van der Waals surface area contributed by atoms with E-state index < -0.39 is 35.0 Å². The van der Waals surface area contributed by atoms with Gasteiger partial charge in [0.2, 0.25) is 0 Å².